The Balaban J connectivity index is 1.86. The van der Waals surface area contributed by atoms with Crippen molar-refractivity contribution in [1.29, 1.82) is 0 Å². The zero-order valence-electron chi connectivity index (χ0n) is 13.7. The SMILES string of the molecule is CCN(CC(=O)NCc1ccc(Cl)cc1)Cc1c(C)noc1C. The van der Waals surface area contributed by atoms with Gasteiger partial charge in [0.05, 0.1) is 12.2 Å². The summed E-state index contributed by atoms with van der Waals surface area (Å²) in [7, 11) is 0. The zero-order valence-corrected chi connectivity index (χ0v) is 14.5. The molecule has 1 heterocycles. The van der Waals surface area contributed by atoms with Gasteiger partial charge in [-0.2, -0.15) is 0 Å². The van der Waals surface area contributed by atoms with Crippen LogP contribution in [-0.2, 0) is 17.9 Å². The fourth-order valence-corrected chi connectivity index (χ4v) is 2.42. The maximum Gasteiger partial charge on any atom is 0.234 e. The van der Waals surface area contributed by atoms with Crippen molar-refractivity contribution >= 4 is 17.5 Å². The molecule has 0 saturated carbocycles. The van der Waals surface area contributed by atoms with E-state index >= 15 is 0 Å². The molecule has 0 fully saturated rings. The summed E-state index contributed by atoms with van der Waals surface area (Å²) in [5.74, 6) is 0.802. The Labute approximate surface area is 141 Å². The molecule has 0 atom stereocenters. The molecule has 5 nitrogen and oxygen atoms in total. The Morgan fingerprint density at radius 1 is 1.30 bits per heavy atom. The lowest BCUT2D eigenvalue weighted by molar-refractivity contribution is -0.122. The fourth-order valence-electron chi connectivity index (χ4n) is 2.29. The molecule has 2 aromatic rings. The highest BCUT2D eigenvalue weighted by molar-refractivity contribution is 6.30. The molecule has 1 N–H and O–H groups in total. The van der Waals surface area contributed by atoms with E-state index in [2.05, 4.69) is 15.4 Å². The van der Waals surface area contributed by atoms with Crippen LogP contribution in [0.5, 0.6) is 0 Å². The van der Waals surface area contributed by atoms with Gasteiger partial charge in [-0.15, -0.1) is 0 Å². The number of nitrogens with one attached hydrogen (secondary N) is 1. The molecule has 0 unspecified atom stereocenters. The standard InChI is InChI=1S/C17H22ClN3O2/c1-4-21(10-16-12(2)20-23-13(16)3)11-17(22)19-9-14-5-7-15(18)8-6-14/h5-8H,4,9-11H2,1-3H3,(H,19,22). The van der Waals surface area contributed by atoms with Crippen LogP contribution in [0.15, 0.2) is 28.8 Å². The van der Waals surface area contributed by atoms with Crippen LogP contribution in [0.2, 0.25) is 5.02 Å². The lowest BCUT2D eigenvalue weighted by Crippen LogP contribution is -2.36. The summed E-state index contributed by atoms with van der Waals surface area (Å²) in [5.41, 5.74) is 2.95. The molecule has 0 aliphatic heterocycles. The van der Waals surface area contributed by atoms with Gasteiger partial charge in [0.15, 0.2) is 0 Å². The van der Waals surface area contributed by atoms with Crippen molar-refractivity contribution in [3.8, 4) is 0 Å². The number of nitrogens with zero attached hydrogens (tertiary/aromatic N) is 2. The summed E-state index contributed by atoms with van der Waals surface area (Å²) in [6.45, 7) is 8.12. The highest BCUT2D eigenvalue weighted by Crippen LogP contribution is 2.14. The van der Waals surface area contributed by atoms with Crippen molar-refractivity contribution < 1.29 is 9.32 Å². The van der Waals surface area contributed by atoms with E-state index in [1.165, 1.54) is 0 Å². The van der Waals surface area contributed by atoms with Crippen LogP contribution in [0.4, 0.5) is 0 Å². The van der Waals surface area contributed by atoms with E-state index in [-0.39, 0.29) is 5.91 Å². The number of hydrogen-bond donors (Lipinski definition) is 1. The van der Waals surface area contributed by atoms with Gasteiger partial charge < -0.3 is 9.84 Å². The second-order valence-corrected chi connectivity index (χ2v) is 5.95. The van der Waals surface area contributed by atoms with E-state index < -0.39 is 0 Å². The van der Waals surface area contributed by atoms with Gasteiger partial charge >= 0.3 is 0 Å². The van der Waals surface area contributed by atoms with Gasteiger partial charge in [0.25, 0.3) is 0 Å². The Morgan fingerprint density at radius 2 is 2.00 bits per heavy atom. The van der Waals surface area contributed by atoms with Crippen molar-refractivity contribution in [1.82, 2.24) is 15.4 Å². The summed E-state index contributed by atoms with van der Waals surface area (Å²) < 4.78 is 5.17. The number of carbonyl (C=O) groups excluding carboxylic acids is 1. The summed E-state index contributed by atoms with van der Waals surface area (Å²) in [6.07, 6.45) is 0. The second-order valence-electron chi connectivity index (χ2n) is 5.51. The largest absolute Gasteiger partial charge is 0.361 e. The lowest BCUT2D eigenvalue weighted by Gasteiger charge is -2.19. The van der Waals surface area contributed by atoms with E-state index in [0.717, 1.165) is 29.1 Å². The van der Waals surface area contributed by atoms with Gasteiger partial charge in [-0.1, -0.05) is 35.8 Å². The van der Waals surface area contributed by atoms with Gasteiger partial charge in [0, 0.05) is 23.7 Å². The normalized spacial score (nSPS) is 11.0. The van der Waals surface area contributed by atoms with Crippen LogP contribution in [-0.4, -0.2) is 29.1 Å². The van der Waals surface area contributed by atoms with Crippen molar-refractivity contribution in [2.24, 2.45) is 0 Å². The molecule has 0 aliphatic rings. The number of likely N-dealkylation sites (N-methyl/N-ethyl adjacent to an activating group) is 1. The van der Waals surface area contributed by atoms with Crippen molar-refractivity contribution in [3.63, 3.8) is 0 Å². The maximum atomic E-state index is 12.1. The smallest absolute Gasteiger partial charge is 0.234 e. The summed E-state index contributed by atoms with van der Waals surface area (Å²) in [5, 5.41) is 7.57. The van der Waals surface area contributed by atoms with Crippen LogP contribution in [0, 0.1) is 13.8 Å². The van der Waals surface area contributed by atoms with E-state index in [9.17, 15) is 4.79 Å². The molecule has 124 valence electrons. The maximum absolute atomic E-state index is 12.1. The van der Waals surface area contributed by atoms with Crippen LogP contribution in [0.1, 0.15) is 29.5 Å². The van der Waals surface area contributed by atoms with Gasteiger partial charge in [0.1, 0.15) is 5.76 Å². The Morgan fingerprint density at radius 3 is 2.57 bits per heavy atom. The first kappa shape index (κ1) is 17.5. The summed E-state index contributed by atoms with van der Waals surface area (Å²) in [4.78, 5) is 14.2. The average molecular weight is 336 g/mol. The first-order chi connectivity index (χ1) is 11.0. The Kier molecular flexibility index (Phi) is 6.19. The average Bonchev–Trinajstić information content (AvgIpc) is 2.85. The number of halogens is 1. The van der Waals surface area contributed by atoms with Gasteiger partial charge in [-0.25, -0.2) is 0 Å². The Hall–Kier alpha value is -1.85. The number of carbonyl (C=O) groups is 1. The van der Waals surface area contributed by atoms with Crippen LogP contribution in [0.25, 0.3) is 0 Å². The number of aryl methyl sites for hydroxylation is 2. The van der Waals surface area contributed by atoms with E-state index in [0.29, 0.717) is 24.7 Å². The molecular weight excluding hydrogens is 314 g/mol. The minimum Gasteiger partial charge on any atom is -0.361 e. The molecule has 1 aromatic carbocycles. The van der Waals surface area contributed by atoms with Crippen LogP contribution >= 0.6 is 11.6 Å². The third-order valence-corrected chi connectivity index (χ3v) is 4.03. The third kappa shape index (κ3) is 5.08. The molecule has 23 heavy (non-hydrogen) atoms. The molecule has 0 spiro atoms. The van der Waals surface area contributed by atoms with Gasteiger partial charge in [-0.3, -0.25) is 9.69 Å². The minimum atomic E-state index is -0.00596. The number of rotatable bonds is 7. The van der Waals surface area contributed by atoms with E-state index in [1.807, 2.05) is 45.0 Å². The quantitative estimate of drug-likeness (QED) is 0.844. The van der Waals surface area contributed by atoms with E-state index in [4.69, 9.17) is 16.1 Å². The van der Waals surface area contributed by atoms with Crippen molar-refractivity contribution in [2.75, 3.05) is 13.1 Å². The number of amides is 1. The molecule has 1 aromatic heterocycles. The second kappa shape index (κ2) is 8.13. The minimum absolute atomic E-state index is 0.00596. The van der Waals surface area contributed by atoms with E-state index in [1.54, 1.807) is 0 Å². The number of benzene rings is 1. The molecule has 0 radical (unpaired) electrons. The predicted octanol–water partition coefficient (Wildman–Crippen LogP) is 3.08. The predicted molar refractivity (Wildman–Crippen MR) is 90.2 cm³/mol. The fraction of sp³-hybridized carbons (Fsp3) is 0.412. The summed E-state index contributed by atoms with van der Waals surface area (Å²) in [6, 6.07) is 7.45. The van der Waals surface area contributed by atoms with Crippen molar-refractivity contribution in [2.45, 2.75) is 33.9 Å². The molecule has 6 heteroatoms. The first-order valence-corrected chi connectivity index (χ1v) is 8.02. The van der Waals surface area contributed by atoms with Gasteiger partial charge in [-0.05, 0) is 38.1 Å². The first-order valence-electron chi connectivity index (χ1n) is 7.64. The monoisotopic (exact) mass is 335 g/mol. The van der Waals surface area contributed by atoms with Crippen LogP contribution < -0.4 is 5.32 Å². The molecule has 2 rings (SSSR count). The lowest BCUT2D eigenvalue weighted by atomic mass is 10.2. The Bertz CT molecular complexity index is 633. The third-order valence-electron chi connectivity index (χ3n) is 3.78. The number of hydrogen-bond acceptors (Lipinski definition) is 4. The molecule has 0 aliphatic carbocycles. The molecular formula is C17H22ClN3O2. The molecule has 0 bridgehead atoms. The zero-order chi connectivity index (χ0) is 16.8. The topological polar surface area (TPSA) is 58.4 Å². The highest BCUT2D eigenvalue weighted by atomic mass is 35.5. The summed E-state index contributed by atoms with van der Waals surface area (Å²) >= 11 is 5.85. The number of aromatic nitrogens is 1. The van der Waals surface area contributed by atoms with Crippen molar-refractivity contribution in [3.05, 3.63) is 51.9 Å². The molecule has 1 amide bonds. The highest BCUT2D eigenvalue weighted by Gasteiger charge is 2.15. The molecule has 0 saturated heterocycles. The van der Waals surface area contributed by atoms with Crippen LogP contribution in [0.3, 0.4) is 0 Å². The van der Waals surface area contributed by atoms with Gasteiger partial charge in [0.2, 0.25) is 5.91 Å².